The Morgan fingerprint density at radius 2 is 2.11 bits per heavy atom. The third-order valence-corrected chi connectivity index (χ3v) is 5.75. The maximum Gasteiger partial charge on any atom is 0.308 e. The van der Waals surface area contributed by atoms with Crippen LogP contribution in [-0.2, 0) is 14.6 Å². The minimum atomic E-state index is -3.35. The van der Waals surface area contributed by atoms with Gasteiger partial charge < -0.3 is 5.11 Å². The molecule has 3 unspecified atom stereocenters. The zero-order chi connectivity index (χ0) is 13.5. The van der Waals surface area contributed by atoms with Crippen molar-refractivity contribution in [3.05, 3.63) is 34.9 Å². The SMILES string of the molecule is CCS(=O)(=O)C1C(C(=O)O)C1c1cccc(Cl)c1. The van der Waals surface area contributed by atoms with Crippen molar-refractivity contribution in [2.75, 3.05) is 5.75 Å². The highest BCUT2D eigenvalue weighted by molar-refractivity contribution is 7.92. The Hall–Kier alpha value is -1.07. The van der Waals surface area contributed by atoms with Gasteiger partial charge in [0, 0.05) is 16.7 Å². The smallest absolute Gasteiger partial charge is 0.308 e. The van der Waals surface area contributed by atoms with Gasteiger partial charge in [-0.1, -0.05) is 30.7 Å². The molecule has 1 aliphatic carbocycles. The van der Waals surface area contributed by atoms with Crippen LogP contribution in [0, 0.1) is 5.92 Å². The number of carboxylic acid groups (broad SMARTS) is 1. The van der Waals surface area contributed by atoms with Crippen LogP contribution in [-0.4, -0.2) is 30.5 Å². The number of hydrogen-bond acceptors (Lipinski definition) is 3. The minimum absolute atomic E-state index is 0.0431. The van der Waals surface area contributed by atoms with E-state index in [2.05, 4.69) is 0 Å². The molecule has 0 saturated heterocycles. The average Bonchev–Trinajstić information content (AvgIpc) is 3.05. The van der Waals surface area contributed by atoms with E-state index in [1.165, 1.54) is 6.92 Å². The van der Waals surface area contributed by atoms with Crippen LogP contribution >= 0.6 is 11.6 Å². The van der Waals surface area contributed by atoms with Gasteiger partial charge in [-0.05, 0) is 17.7 Å². The van der Waals surface area contributed by atoms with Crippen LogP contribution < -0.4 is 0 Å². The summed E-state index contributed by atoms with van der Waals surface area (Å²) in [5.41, 5.74) is 0.678. The standard InChI is InChI=1S/C12H13ClO4S/c1-2-18(16,17)11-9(10(11)12(14)15)7-4-3-5-8(13)6-7/h3-6,9-11H,2H2,1H3,(H,14,15). The lowest BCUT2D eigenvalue weighted by Gasteiger charge is -2.01. The van der Waals surface area contributed by atoms with Crippen LogP contribution in [0.5, 0.6) is 0 Å². The van der Waals surface area contributed by atoms with Crippen LogP contribution in [0.2, 0.25) is 5.02 Å². The second kappa shape index (κ2) is 4.55. The summed E-state index contributed by atoms with van der Waals surface area (Å²) in [7, 11) is -3.35. The van der Waals surface area contributed by atoms with Crippen LogP contribution in [0.15, 0.2) is 24.3 Å². The quantitative estimate of drug-likeness (QED) is 0.919. The van der Waals surface area contributed by atoms with Gasteiger partial charge >= 0.3 is 5.97 Å². The van der Waals surface area contributed by atoms with E-state index in [-0.39, 0.29) is 5.75 Å². The molecule has 0 radical (unpaired) electrons. The van der Waals surface area contributed by atoms with E-state index in [1.807, 2.05) is 0 Å². The number of carboxylic acids is 1. The first-order valence-electron chi connectivity index (χ1n) is 5.58. The van der Waals surface area contributed by atoms with Crippen molar-refractivity contribution in [2.45, 2.75) is 18.1 Å². The van der Waals surface area contributed by atoms with E-state index in [4.69, 9.17) is 16.7 Å². The lowest BCUT2D eigenvalue weighted by atomic mass is 10.1. The Morgan fingerprint density at radius 1 is 1.44 bits per heavy atom. The molecule has 1 aromatic carbocycles. The van der Waals surface area contributed by atoms with Gasteiger partial charge in [-0.3, -0.25) is 4.79 Å². The van der Waals surface area contributed by atoms with E-state index in [0.717, 1.165) is 0 Å². The zero-order valence-electron chi connectivity index (χ0n) is 9.71. The molecule has 1 fully saturated rings. The summed E-state index contributed by atoms with van der Waals surface area (Å²) in [5.74, 6) is -2.44. The molecule has 0 heterocycles. The fraction of sp³-hybridized carbons (Fsp3) is 0.417. The lowest BCUT2D eigenvalue weighted by molar-refractivity contribution is -0.138. The first-order chi connectivity index (χ1) is 8.38. The van der Waals surface area contributed by atoms with Gasteiger partial charge in [-0.25, -0.2) is 8.42 Å². The van der Waals surface area contributed by atoms with Gasteiger partial charge in [-0.2, -0.15) is 0 Å². The summed E-state index contributed by atoms with van der Waals surface area (Å²) < 4.78 is 23.7. The highest BCUT2D eigenvalue weighted by Gasteiger charge is 2.62. The second-order valence-electron chi connectivity index (χ2n) is 4.36. The Kier molecular flexibility index (Phi) is 3.38. The number of hydrogen-bond donors (Lipinski definition) is 1. The van der Waals surface area contributed by atoms with Crippen LogP contribution in [0.1, 0.15) is 18.4 Å². The monoisotopic (exact) mass is 288 g/mol. The first kappa shape index (κ1) is 13.4. The average molecular weight is 289 g/mol. The number of benzene rings is 1. The predicted molar refractivity (Wildman–Crippen MR) is 68.6 cm³/mol. The van der Waals surface area contributed by atoms with Gasteiger partial charge in [0.2, 0.25) is 0 Å². The van der Waals surface area contributed by atoms with Crippen molar-refractivity contribution in [1.82, 2.24) is 0 Å². The van der Waals surface area contributed by atoms with E-state index < -0.39 is 32.9 Å². The Bertz CT molecular complexity index is 581. The topological polar surface area (TPSA) is 71.4 Å². The molecular weight excluding hydrogens is 276 g/mol. The zero-order valence-corrected chi connectivity index (χ0v) is 11.3. The number of rotatable bonds is 4. The summed E-state index contributed by atoms with van der Waals surface area (Å²) in [6, 6.07) is 6.72. The highest BCUT2D eigenvalue weighted by Crippen LogP contribution is 2.52. The molecule has 0 aromatic heterocycles. The van der Waals surface area contributed by atoms with Crippen LogP contribution in [0.3, 0.4) is 0 Å². The molecule has 0 spiro atoms. The van der Waals surface area contributed by atoms with Crippen molar-refractivity contribution < 1.29 is 18.3 Å². The maximum atomic E-state index is 11.8. The van der Waals surface area contributed by atoms with Gasteiger partial charge in [0.1, 0.15) is 0 Å². The maximum absolute atomic E-state index is 11.8. The molecule has 1 aliphatic rings. The lowest BCUT2D eigenvalue weighted by Crippen LogP contribution is -2.14. The van der Waals surface area contributed by atoms with Gasteiger partial charge in [0.25, 0.3) is 0 Å². The number of carbonyl (C=O) groups is 1. The van der Waals surface area contributed by atoms with Gasteiger partial charge in [-0.15, -0.1) is 0 Å². The Labute approximate surface area is 110 Å². The third kappa shape index (κ3) is 2.24. The molecule has 6 heteroatoms. The summed E-state index contributed by atoms with van der Waals surface area (Å²) in [5, 5.41) is 8.75. The Morgan fingerprint density at radius 3 is 2.61 bits per heavy atom. The fourth-order valence-electron chi connectivity index (χ4n) is 2.33. The van der Waals surface area contributed by atoms with Crippen molar-refractivity contribution in [3.63, 3.8) is 0 Å². The van der Waals surface area contributed by atoms with Crippen molar-refractivity contribution in [3.8, 4) is 0 Å². The molecule has 2 rings (SSSR count). The third-order valence-electron chi connectivity index (χ3n) is 3.29. The van der Waals surface area contributed by atoms with E-state index >= 15 is 0 Å². The first-order valence-corrected chi connectivity index (χ1v) is 7.67. The number of aliphatic carboxylic acids is 1. The van der Waals surface area contributed by atoms with Crippen molar-refractivity contribution in [1.29, 1.82) is 0 Å². The second-order valence-corrected chi connectivity index (χ2v) is 7.24. The molecular formula is C12H13ClO4S. The molecule has 1 saturated carbocycles. The summed E-state index contributed by atoms with van der Waals surface area (Å²) in [4.78, 5) is 11.1. The fourth-order valence-corrected chi connectivity index (χ4v) is 4.33. The summed E-state index contributed by atoms with van der Waals surface area (Å²) in [6.07, 6.45) is 0. The summed E-state index contributed by atoms with van der Waals surface area (Å²) >= 11 is 5.84. The van der Waals surface area contributed by atoms with Crippen molar-refractivity contribution >= 4 is 27.4 Å². The largest absolute Gasteiger partial charge is 0.481 e. The van der Waals surface area contributed by atoms with Crippen LogP contribution in [0.4, 0.5) is 0 Å². The summed E-state index contributed by atoms with van der Waals surface area (Å²) in [6.45, 7) is 1.53. The molecule has 3 atom stereocenters. The van der Waals surface area contributed by atoms with E-state index in [9.17, 15) is 13.2 Å². The van der Waals surface area contributed by atoms with Gasteiger partial charge in [0.15, 0.2) is 9.84 Å². The van der Waals surface area contributed by atoms with Crippen molar-refractivity contribution in [2.24, 2.45) is 5.92 Å². The molecule has 18 heavy (non-hydrogen) atoms. The minimum Gasteiger partial charge on any atom is -0.481 e. The molecule has 1 aromatic rings. The van der Waals surface area contributed by atoms with E-state index in [1.54, 1.807) is 24.3 Å². The van der Waals surface area contributed by atoms with Gasteiger partial charge in [0.05, 0.1) is 11.2 Å². The molecule has 4 nitrogen and oxygen atoms in total. The molecule has 98 valence electrons. The van der Waals surface area contributed by atoms with E-state index in [0.29, 0.717) is 10.6 Å². The highest BCUT2D eigenvalue weighted by atomic mass is 35.5. The normalized spacial score (nSPS) is 26.9. The molecule has 0 aliphatic heterocycles. The number of halogens is 1. The molecule has 0 amide bonds. The molecule has 0 bridgehead atoms. The van der Waals surface area contributed by atoms with Crippen LogP contribution in [0.25, 0.3) is 0 Å². The molecule has 1 N–H and O–H groups in total. The Balaban J connectivity index is 2.37. The predicted octanol–water partition coefficient (Wildman–Crippen LogP) is 1.94. The number of sulfone groups is 1.